The number of benzene rings is 1. The predicted molar refractivity (Wildman–Crippen MR) is 67.6 cm³/mol. The van der Waals surface area contributed by atoms with E-state index in [9.17, 15) is 4.79 Å². The molecule has 0 saturated heterocycles. The van der Waals surface area contributed by atoms with Crippen LogP contribution >= 0.6 is 15.9 Å². The average molecular weight is 289 g/mol. The number of hydrogen-bond acceptors (Lipinski definition) is 2. The molecule has 0 unspecified atom stereocenters. The first-order valence-electron chi connectivity index (χ1n) is 5.05. The number of rotatable bonds is 3. The predicted octanol–water partition coefficient (Wildman–Crippen LogP) is 3.01. The number of nitrogens with zero attached hydrogens (tertiary/aromatic N) is 2. The van der Waals surface area contributed by atoms with Crippen molar-refractivity contribution in [1.29, 1.82) is 5.26 Å². The summed E-state index contributed by atoms with van der Waals surface area (Å²) in [7, 11) is 0. The summed E-state index contributed by atoms with van der Waals surface area (Å²) in [6.45, 7) is 0.179. The molecule has 0 bridgehead atoms. The quantitative estimate of drug-likeness (QED) is 0.815. The minimum atomic E-state index is -0.0230. The molecule has 3 nitrogen and oxygen atoms in total. The summed E-state index contributed by atoms with van der Waals surface area (Å²) in [5, 5.41) is 8.85. The highest BCUT2D eigenvalue weighted by Crippen LogP contribution is 2.17. The third-order valence-electron chi connectivity index (χ3n) is 2.43. The molecule has 2 rings (SSSR count). The van der Waals surface area contributed by atoms with Gasteiger partial charge in [0.25, 0.3) is 0 Å². The monoisotopic (exact) mass is 288 g/mol. The second-order valence-electron chi connectivity index (χ2n) is 3.54. The topological polar surface area (TPSA) is 45.8 Å². The number of hydrogen-bond donors (Lipinski definition) is 0. The Labute approximate surface area is 107 Å². The van der Waals surface area contributed by atoms with Crippen molar-refractivity contribution in [3.63, 3.8) is 0 Å². The number of carbonyl (C=O) groups excluding carboxylic acids is 1. The largest absolute Gasteiger partial charge is 0.332 e. The van der Waals surface area contributed by atoms with Crippen LogP contribution < -0.4 is 0 Å². The highest BCUT2D eigenvalue weighted by molar-refractivity contribution is 9.10. The molecular weight excluding hydrogens is 280 g/mol. The fourth-order valence-corrected chi connectivity index (χ4v) is 2.09. The Balaban J connectivity index is 2.24. The lowest BCUT2D eigenvalue weighted by Crippen LogP contribution is -2.11. The third kappa shape index (κ3) is 2.45. The Hall–Kier alpha value is -1.86. The Bertz CT molecular complexity index is 595. The van der Waals surface area contributed by atoms with Gasteiger partial charge in [-0.05, 0) is 18.2 Å². The third-order valence-corrected chi connectivity index (χ3v) is 3.12. The number of halogens is 1. The zero-order valence-electron chi connectivity index (χ0n) is 8.93. The second kappa shape index (κ2) is 4.98. The van der Waals surface area contributed by atoms with Crippen molar-refractivity contribution < 1.29 is 4.79 Å². The number of Topliss-reactive ketones (excluding diaryl/α,β-unsaturated/α-hetero) is 1. The van der Waals surface area contributed by atoms with Crippen LogP contribution in [-0.4, -0.2) is 10.4 Å². The van der Waals surface area contributed by atoms with Gasteiger partial charge in [0, 0.05) is 16.2 Å². The number of ketones is 1. The van der Waals surface area contributed by atoms with E-state index in [4.69, 9.17) is 5.26 Å². The number of nitriles is 1. The normalized spacial score (nSPS) is 9.88. The maximum Gasteiger partial charge on any atom is 0.183 e. The van der Waals surface area contributed by atoms with E-state index in [2.05, 4.69) is 15.9 Å². The van der Waals surface area contributed by atoms with Crippen LogP contribution in [0.15, 0.2) is 47.1 Å². The molecular formula is C13H9BrN2O. The van der Waals surface area contributed by atoms with Crippen molar-refractivity contribution in [3.8, 4) is 6.07 Å². The highest BCUT2D eigenvalue weighted by Gasteiger charge is 2.11. The summed E-state index contributed by atoms with van der Waals surface area (Å²) in [5.41, 5.74) is 1.12. The zero-order valence-corrected chi connectivity index (χ0v) is 10.5. The standard InChI is InChI=1S/C13H9BrN2O/c14-12-6-2-1-5-11(12)13(17)9-16-7-3-4-10(16)8-15/h1-7H,9H2. The smallest absolute Gasteiger partial charge is 0.183 e. The van der Waals surface area contributed by atoms with Crippen molar-refractivity contribution in [2.24, 2.45) is 0 Å². The van der Waals surface area contributed by atoms with E-state index in [1.165, 1.54) is 0 Å². The van der Waals surface area contributed by atoms with Gasteiger partial charge >= 0.3 is 0 Å². The molecule has 2 aromatic rings. The lowest BCUT2D eigenvalue weighted by molar-refractivity contribution is 0.0971. The van der Waals surface area contributed by atoms with Gasteiger partial charge in [-0.15, -0.1) is 0 Å². The van der Waals surface area contributed by atoms with Gasteiger partial charge in [-0.1, -0.05) is 34.1 Å². The van der Waals surface area contributed by atoms with Crippen LogP contribution in [0.3, 0.4) is 0 Å². The molecule has 0 fully saturated rings. The Kier molecular flexibility index (Phi) is 3.40. The summed E-state index contributed by atoms with van der Waals surface area (Å²) in [5.74, 6) is -0.0230. The van der Waals surface area contributed by atoms with E-state index in [1.807, 2.05) is 24.3 Å². The Morgan fingerprint density at radius 3 is 2.76 bits per heavy atom. The van der Waals surface area contributed by atoms with Gasteiger partial charge in [0.15, 0.2) is 5.78 Å². The fourth-order valence-electron chi connectivity index (χ4n) is 1.58. The molecule has 0 spiro atoms. The van der Waals surface area contributed by atoms with Gasteiger partial charge < -0.3 is 4.57 Å². The molecule has 1 heterocycles. The van der Waals surface area contributed by atoms with Crippen LogP contribution in [0, 0.1) is 11.3 Å². The molecule has 0 aliphatic carbocycles. The summed E-state index contributed by atoms with van der Waals surface area (Å²) >= 11 is 3.34. The maximum atomic E-state index is 12.0. The minimum absolute atomic E-state index is 0.0230. The minimum Gasteiger partial charge on any atom is -0.332 e. The molecule has 17 heavy (non-hydrogen) atoms. The molecule has 84 valence electrons. The molecule has 0 amide bonds. The van der Waals surface area contributed by atoms with Crippen LogP contribution in [0.1, 0.15) is 16.1 Å². The van der Waals surface area contributed by atoms with Crippen molar-refractivity contribution in [3.05, 3.63) is 58.3 Å². The Morgan fingerprint density at radius 1 is 1.29 bits per heavy atom. The number of aromatic nitrogens is 1. The lowest BCUT2D eigenvalue weighted by Gasteiger charge is -2.05. The van der Waals surface area contributed by atoms with Gasteiger partial charge in [0.2, 0.25) is 0 Å². The van der Waals surface area contributed by atoms with Gasteiger partial charge in [0.1, 0.15) is 11.8 Å². The van der Waals surface area contributed by atoms with E-state index < -0.39 is 0 Å². The van der Waals surface area contributed by atoms with Crippen LogP contribution in [0.2, 0.25) is 0 Å². The average Bonchev–Trinajstić information content (AvgIpc) is 2.76. The van der Waals surface area contributed by atoms with Crippen LogP contribution in [0.25, 0.3) is 0 Å². The van der Waals surface area contributed by atoms with Gasteiger partial charge in [-0.2, -0.15) is 5.26 Å². The molecule has 1 aromatic carbocycles. The summed E-state index contributed by atoms with van der Waals surface area (Å²) < 4.78 is 2.41. The summed E-state index contributed by atoms with van der Waals surface area (Å²) in [4.78, 5) is 12.0. The van der Waals surface area contributed by atoms with E-state index in [-0.39, 0.29) is 12.3 Å². The van der Waals surface area contributed by atoms with Gasteiger partial charge in [-0.3, -0.25) is 4.79 Å². The van der Waals surface area contributed by atoms with Crippen molar-refractivity contribution in [2.75, 3.05) is 0 Å². The molecule has 0 radical (unpaired) electrons. The number of carbonyl (C=O) groups is 1. The zero-order chi connectivity index (χ0) is 12.3. The van der Waals surface area contributed by atoms with Crippen LogP contribution in [0.4, 0.5) is 0 Å². The highest BCUT2D eigenvalue weighted by atomic mass is 79.9. The molecule has 0 atom stereocenters. The molecule has 0 N–H and O–H groups in total. The first-order chi connectivity index (χ1) is 8.22. The van der Waals surface area contributed by atoms with Crippen LogP contribution in [-0.2, 0) is 6.54 Å². The van der Waals surface area contributed by atoms with E-state index in [0.717, 1.165) is 4.47 Å². The molecule has 4 heteroatoms. The molecule has 1 aromatic heterocycles. The summed E-state index contributed by atoms with van der Waals surface area (Å²) in [6.07, 6.45) is 1.73. The first-order valence-corrected chi connectivity index (χ1v) is 5.84. The van der Waals surface area contributed by atoms with Gasteiger partial charge in [0.05, 0.1) is 6.54 Å². The Morgan fingerprint density at radius 2 is 2.06 bits per heavy atom. The van der Waals surface area contributed by atoms with E-state index in [0.29, 0.717) is 11.3 Å². The van der Waals surface area contributed by atoms with E-state index >= 15 is 0 Å². The summed E-state index contributed by atoms with van der Waals surface area (Å²) in [6, 6.07) is 12.8. The van der Waals surface area contributed by atoms with E-state index in [1.54, 1.807) is 29.0 Å². The second-order valence-corrected chi connectivity index (χ2v) is 4.39. The van der Waals surface area contributed by atoms with Crippen molar-refractivity contribution in [1.82, 2.24) is 4.57 Å². The maximum absolute atomic E-state index is 12.0. The van der Waals surface area contributed by atoms with Crippen molar-refractivity contribution in [2.45, 2.75) is 6.54 Å². The molecule has 0 aliphatic rings. The fraction of sp³-hybridized carbons (Fsp3) is 0.0769. The van der Waals surface area contributed by atoms with Crippen molar-refractivity contribution >= 4 is 21.7 Å². The SMILES string of the molecule is N#Cc1cccn1CC(=O)c1ccccc1Br. The first kappa shape index (κ1) is 11.6. The van der Waals surface area contributed by atoms with Gasteiger partial charge in [-0.25, -0.2) is 0 Å². The molecule has 0 aliphatic heterocycles. The lowest BCUT2D eigenvalue weighted by atomic mass is 10.1. The van der Waals surface area contributed by atoms with Crippen LogP contribution in [0.5, 0.6) is 0 Å². The molecule has 0 saturated carbocycles.